The number of piperidine rings is 1. The highest BCUT2D eigenvalue weighted by Gasteiger charge is 2.52. The summed E-state index contributed by atoms with van der Waals surface area (Å²) in [5, 5.41) is 0.914. The lowest BCUT2D eigenvalue weighted by Gasteiger charge is -2.49. The van der Waals surface area contributed by atoms with E-state index in [4.69, 9.17) is 0 Å². The number of hydrogen-bond acceptors (Lipinski definition) is 6. The van der Waals surface area contributed by atoms with E-state index in [-0.39, 0.29) is 22.8 Å². The number of hydrogen-bond donors (Lipinski definition) is 0. The Kier molecular flexibility index (Phi) is 6.38. The molecule has 0 saturated carbocycles. The van der Waals surface area contributed by atoms with E-state index >= 15 is 0 Å². The van der Waals surface area contributed by atoms with Gasteiger partial charge in [0.05, 0.1) is 22.1 Å². The third-order valence-electron chi connectivity index (χ3n) is 9.23. The van der Waals surface area contributed by atoms with Gasteiger partial charge in [0.2, 0.25) is 11.8 Å². The van der Waals surface area contributed by atoms with E-state index in [2.05, 4.69) is 11.8 Å². The fraction of sp³-hybridized carbons (Fsp3) is 0.433. The van der Waals surface area contributed by atoms with Gasteiger partial charge in [-0.25, -0.2) is 17.2 Å². The number of aromatic nitrogens is 1. The Morgan fingerprint density at radius 1 is 0.925 bits per heavy atom. The maximum atomic E-state index is 14.3. The van der Waals surface area contributed by atoms with E-state index in [1.165, 1.54) is 18.1 Å². The highest BCUT2D eigenvalue weighted by atomic mass is 32.2. The van der Waals surface area contributed by atoms with Crippen LogP contribution in [-0.2, 0) is 26.0 Å². The number of urea groups is 1. The van der Waals surface area contributed by atoms with Crippen LogP contribution in [0.25, 0.3) is 10.9 Å². The number of imide groups is 2. The molecule has 9 nitrogen and oxygen atoms in total. The number of amides is 4. The zero-order chi connectivity index (χ0) is 28.5. The first-order valence-corrected chi connectivity index (χ1v) is 15.3. The molecule has 6 rings (SSSR count). The van der Waals surface area contributed by atoms with Crippen molar-refractivity contribution in [2.75, 3.05) is 27.2 Å². The fourth-order valence-corrected chi connectivity index (χ4v) is 8.66. The second-order valence-electron chi connectivity index (χ2n) is 11.3. The summed E-state index contributed by atoms with van der Waals surface area (Å²) in [5.41, 5.74) is 3.34. The van der Waals surface area contributed by atoms with Gasteiger partial charge in [-0.2, -0.15) is 0 Å². The molecular weight excluding hydrogens is 528 g/mol. The van der Waals surface area contributed by atoms with Crippen molar-refractivity contribution >= 4 is 38.8 Å². The molecule has 0 unspecified atom stereocenters. The number of carbonyl (C=O) groups excluding carboxylic acids is 3. The van der Waals surface area contributed by atoms with Gasteiger partial charge >= 0.3 is 6.03 Å². The van der Waals surface area contributed by atoms with Gasteiger partial charge in [-0.15, -0.1) is 0 Å². The van der Waals surface area contributed by atoms with Crippen molar-refractivity contribution < 1.29 is 22.8 Å². The molecule has 3 aromatic rings. The van der Waals surface area contributed by atoms with Crippen LogP contribution in [-0.4, -0.2) is 72.1 Å². The van der Waals surface area contributed by atoms with Crippen LogP contribution >= 0.6 is 0 Å². The lowest BCUT2D eigenvalue weighted by Crippen LogP contribution is -2.61. The summed E-state index contributed by atoms with van der Waals surface area (Å²) < 4.78 is 30.1. The minimum absolute atomic E-state index is 0.0530. The van der Waals surface area contributed by atoms with Crippen LogP contribution in [0.2, 0.25) is 0 Å². The van der Waals surface area contributed by atoms with Crippen LogP contribution in [0.3, 0.4) is 0 Å². The lowest BCUT2D eigenvalue weighted by molar-refractivity contribution is -0.153. The van der Waals surface area contributed by atoms with Crippen LogP contribution in [0.15, 0.2) is 53.4 Å². The molecule has 210 valence electrons. The highest BCUT2D eigenvalue weighted by molar-refractivity contribution is 7.90. The summed E-state index contributed by atoms with van der Waals surface area (Å²) in [5.74, 6) is -2.21. The topological polar surface area (TPSA) is 100 Å². The van der Waals surface area contributed by atoms with Gasteiger partial charge < -0.3 is 0 Å². The first-order chi connectivity index (χ1) is 19.1. The standard InChI is InChI=1S/C30H34N4O5S/c1-5-19-17-33-15-14-22-21-8-6-7-9-24(21)34(40(38,39)20-12-10-18(2)11-13-20)27(22)25(33)16-23(19)26-28(35)31(3)30(37)32(4)29(26)36/h6-13,19,23,25-26H,5,14-17H2,1-4H3/t19-,23+,25-/m0/s1. The normalized spacial score (nSPS) is 24.5. The van der Waals surface area contributed by atoms with E-state index in [0.717, 1.165) is 45.0 Å². The summed E-state index contributed by atoms with van der Waals surface area (Å²) in [4.78, 5) is 43.8. The van der Waals surface area contributed by atoms with Crippen molar-refractivity contribution in [3.05, 3.63) is 65.4 Å². The summed E-state index contributed by atoms with van der Waals surface area (Å²) in [6.07, 6.45) is 1.93. The zero-order valence-electron chi connectivity index (χ0n) is 23.2. The molecule has 3 aliphatic heterocycles. The van der Waals surface area contributed by atoms with Crippen molar-refractivity contribution in [2.24, 2.45) is 17.8 Å². The fourth-order valence-electron chi connectivity index (χ4n) is 7.06. The van der Waals surface area contributed by atoms with Gasteiger partial charge in [0.15, 0.2) is 0 Å². The minimum Gasteiger partial charge on any atom is -0.294 e. The summed E-state index contributed by atoms with van der Waals surface area (Å²) in [6, 6.07) is 13.6. The van der Waals surface area contributed by atoms with Gasteiger partial charge in [0.25, 0.3) is 10.0 Å². The molecule has 0 spiro atoms. The molecular formula is C30H34N4O5S. The Balaban J connectivity index is 1.51. The third-order valence-corrected chi connectivity index (χ3v) is 11.0. The Morgan fingerprint density at radius 3 is 2.23 bits per heavy atom. The number of barbiturate groups is 1. The summed E-state index contributed by atoms with van der Waals surface area (Å²) >= 11 is 0. The van der Waals surface area contributed by atoms with Crippen LogP contribution < -0.4 is 0 Å². The smallest absolute Gasteiger partial charge is 0.294 e. The Hall–Kier alpha value is -3.50. The Bertz CT molecular complexity index is 1620. The van der Waals surface area contributed by atoms with E-state index in [1.807, 2.05) is 31.2 Å². The van der Waals surface area contributed by atoms with Gasteiger partial charge in [0, 0.05) is 32.6 Å². The number of benzene rings is 2. The molecule has 1 aromatic heterocycles. The summed E-state index contributed by atoms with van der Waals surface area (Å²) in [7, 11) is -1.11. The van der Waals surface area contributed by atoms with E-state index < -0.39 is 33.8 Å². The number of fused-ring (bicyclic) bond motifs is 5. The highest BCUT2D eigenvalue weighted by Crippen LogP contribution is 2.48. The van der Waals surface area contributed by atoms with Crippen molar-refractivity contribution in [2.45, 2.75) is 44.0 Å². The number of rotatable bonds is 4. The van der Waals surface area contributed by atoms with Crippen LogP contribution in [0.1, 0.15) is 42.6 Å². The predicted molar refractivity (Wildman–Crippen MR) is 150 cm³/mol. The molecule has 40 heavy (non-hydrogen) atoms. The minimum atomic E-state index is -3.94. The average Bonchev–Trinajstić information content (AvgIpc) is 3.30. The zero-order valence-corrected chi connectivity index (χ0v) is 24.0. The van der Waals surface area contributed by atoms with Gasteiger partial charge in [0.1, 0.15) is 5.92 Å². The maximum Gasteiger partial charge on any atom is 0.332 e. The van der Waals surface area contributed by atoms with Crippen molar-refractivity contribution in [3.8, 4) is 0 Å². The first-order valence-electron chi connectivity index (χ1n) is 13.8. The number of aryl methyl sites for hydroxylation is 1. The molecule has 2 saturated heterocycles. The molecule has 2 fully saturated rings. The van der Waals surface area contributed by atoms with Crippen molar-refractivity contribution in [1.82, 2.24) is 18.7 Å². The molecule has 0 aliphatic carbocycles. The molecule has 0 radical (unpaired) electrons. The van der Waals surface area contributed by atoms with E-state index in [1.54, 1.807) is 24.3 Å². The van der Waals surface area contributed by atoms with Crippen LogP contribution in [0.4, 0.5) is 4.79 Å². The molecule has 3 aliphatic rings. The van der Waals surface area contributed by atoms with Crippen LogP contribution in [0.5, 0.6) is 0 Å². The molecule has 4 amide bonds. The number of nitrogens with zero attached hydrogens (tertiary/aromatic N) is 4. The number of carbonyl (C=O) groups is 3. The van der Waals surface area contributed by atoms with Gasteiger partial charge in [-0.05, 0) is 55.4 Å². The predicted octanol–water partition coefficient (Wildman–Crippen LogP) is 3.80. The summed E-state index contributed by atoms with van der Waals surface area (Å²) in [6.45, 7) is 5.40. The van der Waals surface area contributed by atoms with E-state index in [0.29, 0.717) is 24.9 Å². The molecule has 10 heteroatoms. The molecule has 0 bridgehead atoms. The molecule has 4 heterocycles. The molecule has 2 aromatic carbocycles. The lowest BCUT2D eigenvalue weighted by atomic mass is 9.70. The van der Waals surface area contributed by atoms with Crippen molar-refractivity contribution in [1.29, 1.82) is 0 Å². The molecule has 3 atom stereocenters. The Morgan fingerprint density at radius 2 is 1.57 bits per heavy atom. The first kappa shape index (κ1) is 26.7. The van der Waals surface area contributed by atoms with Crippen molar-refractivity contribution in [3.63, 3.8) is 0 Å². The van der Waals surface area contributed by atoms with Crippen LogP contribution in [0, 0.1) is 24.7 Å². The third kappa shape index (κ3) is 3.83. The second kappa shape index (κ2) is 9.55. The monoisotopic (exact) mass is 562 g/mol. The SMILES string of the molecule is CC[C@H]1CN2CCc3c(n(S(=O)(=O)c4ccc(C)cc4)c4ccccc34)[C@@H]2C[C@H]1C1C(=O)N(C)C(=O)N(C)C1=O. The molecule has 0 N–H and O–H groups in total. The quantitative estimate of drug-likeness (QED) is 0.449. The maximum absolute atomic E-state index is 14.3. The second-order valence-corrected chi connectivity index (χ2v) is 13.1. The number of para-hydroxylation sites is 1. The Labute approximate surface area is 234 Å². The largest absolute Gasteiger partial charge is 0.332 e. The van der Waals surface area contributed by atoms with Gasteiger partial charge in [-0.1, -0.05) is 49.2 Å². The van der Waals surface area contributed by atoms with Gasteiger partial charge in [-0.3, -0.25) is 24.3 Å². The average molecular weight is 563 g/mol. The van der Waals surface area contributed by atoms with E-state index in [9.17, 15) is 22.8 Å².